The molecule has 4 aliphatic rings. The second-order valence-electron chi connectivity index (χ2n) is 14.1. The molecule has 0 aliphatic heterocycles. The van der Waals surface area contributed by atoms with Crippen LogP contribution in [0.3, 0.4) is 0 Å². The summed E-state index contributed by atoms with van der Waals surface area (Å²) in [7, 11) is -2.10. The van der Waals surface area contributed by atoms with Gasteiger partial charge in [-0.15, -0.1) is 0 Å². The second kappa shape index (κ2) is 7.94. The lowest BCUT2D eigenvalue weighted by Crippen LogP contribution is -2.67. The van der Waals surface area contributed by atoms with Crippen LogP contribution < -0.4 is 0 Å². The summed E-state index contributed by atoms with van der Waals surface area (Å²) in [6.45, 7) is 19.0. The Balaban J connectivity index is 1.69. The normalized spacial score (nSPS) is 45.5. The van der Waals surface area contributed by atoms with Crippen molar-refractivity contribution >= 4 is 19.9 Å². The van der Waals surface area contributed by atoms with Crippen LogP contribution in [0.1, 0.15) is 74.1 Å². The molecule has 35 heavy (non-hydrogen) atoms. The minimum Gasteiger partial charge on any atom is -0.410 e. The van der Waals surface area contributed by atoms with Gasteiger partial charge in [-0.2, -0.15) is 0 Å². The van der Waals surface area contributed by atoms with Gasteiger partial charge >= 0.3 is 0 Å². The number of fused-ring (bicyclic) bond motifs is 5. The molecule has 4 nitrogen and oxygen atoms in total. The molecule has 0 heterocycles. The molecular formula is C29H45FO4Si. The van der Waals surface area contributed by atoms with Crippen molar-refractivity contribution in [3.05, 3.63) is 23.8 Å². The number of aliphatic hydroxyl groups is 1. The maximum Gasteiger partial charge on any atom is 0.192 e. The molecule has 6 heteroatoms. The quantitative estimate of drug-likeness (QED) is 0.463. The summed E-state index contributed by atoms with van der Waals surface area (Å²) in [6.07, 6.45) is 5.75. The standard InChI is InChI=1S/C29H45FO4Si/c1-18-14-22-21-11-10-19-15-20(31)12-13-26(19,5)29(21,30)23(32)16-27(22,6)28(18,7)24(33)17-34-35(8,9)25(2,3)4/h12-13,15,18,21-23,32H,10-11,14,16-17H2,1-9H3/t18-,21+,22+,23+,26+,27+,28-,29+/m1/s1. The highest BCUT2D eigenvalue weighted by Gasteiger charge is 2.74. The van der Waals surface area contributed by atoms with Gasteiger partial charge in [0.1, 0.15) is 0 Å². The molecule has 0 spiro atoms. The molecule has 4 aliphatic carbocycles. The summed E-state index contributed by atoms with van der Waals surface area (Å²) in [5.74, 6) is -0.337. The molecule has 0 saturated heterocycles. The summed E-state index contributed by atoms with van der Waals surface area (Å²) in [5.41, 5.74) is -3.28. The van der Waals surface area contributed by atoms with Crippen LogP contribution in [0.15, 0.2) is 23.8 Å². The number of ketones is 2. The summed E-state index contributed by atoms with van der Waals surface area (Å²) in [4.78, 5) is 26.0. The van der Waals surface area contributed by atoms with Gasteiger partial charge in [0.05, 0.1) is 12.7 Å². The topological polar surface area (TPSA) is 63.6 Å². The van der Waals surface area contributed by atoms with Gasteiger partial charge in [-0.25, -0.2) is 4.39 Å². The number of carbonyl (C=O) groups excluding carboxylic acids is 2. The van der Waals surface area contributed by atoms with E-state index in [1.807, 2.05) is 13.8 Å². The summed E-state index contributed by atoms with van der Waals surface area (Å²) in [5, 5.41) is 11.6. The van der Waals surface area contributed by atoms with Crippen LogP contribution in [0.2, 0.25) is 18.1 Å². The number of rotatable bonds is 4. The highest BCUT2D eigenvalue weighted by molar-refractivity contribution is 6.74. The van der Waals surface area contributed by atoms with Crippen molar-refractivity contribution in [2.75, 3.05) is 6.61 Å². The predicted molar refractivity (Wildman–Crippen MR) is 139 cm³/mol. The summed E-state index contributed by atoms with van der Waals surface area (Å²) >= 11 is 0. The minimum absolute atomic E-state index is 0.00837. The maximum absolute atomic E-state index is 17.3. The Morgan fingerprint density at radius 1 is 1.23 bits per heavy atom. The fraction of sp³-hybridized carbons (Fsp3) is 0.793. The average molecular weight is 505 g/mol. The van der Waals surface area contributed by atoms with Crippen LogP contribution in [0.4, 0.5) is 4.39 Å². The second-order valence-corrected chi connectivity index (χ2v) is 18.9. The van der Waals surface area contributed by atoms with Crippen molar-refractivity contribution in [3.8, 4) is 0 Å². The number of alkyl halides is 1. The van der Waals surface area contributed by atoms with E-state index in [2.05, 4.69) is 47.7 Å². The smallest absolute Gasteiger partial charge is 0.192 e. The third-order valence-corrected chi connectivity index (χ3v) is 16.2. The zero-order chi connectivity index (χ0) is 26.4. The fourth-order valence-corrected chi connectivity index (χ4v) is 8.90. The van der Waals surface area contributed by atoms with Crippen LogP contribution in [0, 0.1) is 34.0 Å². The van der Waals surface area contributed by atoms with Crippen molar-refractivity contribution in [2.45, 2.75) is 104 Å². The number of Topliss-reactive ketones (excluding diaryl/α,β-unsaturated/α-hetero) is 1. The highest BCUT2D eigenvalue weighted by Crippen LogP contribution is 2.73. The molecule has 0 bridgehead atoms. The van der Waals surface area contributed by atoms with Gasteiger partial charge in [-0.3, -0.25) is 9.59 Å². The van der Waals surface area contributed by atoms with E-state index in [4.69, 9.17) is 4.43 Å². The van der Waals surface area contributed by atoms with Crippen LogP contribution in [-0.4, -0.2) is 43.4 Å². The molecule has 3 saturated carbocycles. The molecule has 8 atom stereocenters. The van der Waals surface area contributed by atoms with Crippen molar-refractivity contribution in [1.82, 2.24) is 0 Å². The van der Waals surface area contributed by atoms with Gasteiger partial charge in [0.15, 0.2) is 25.6 Å². The molecule has 3 fully saturated rings. The summed E-state index contributed by atoms with van der Waals surface area (Å²) < 4.78 is 23.7. The molecule has 0 aromatic carbocycles. The Bertz CT molecular complexity index is 995. The molecule has 0 radical (unpaired) electrons. The lowest BCUT2D eigenvalue weighted by Gasteiger charge is -2.63. The first-order chi connectivity index (χ1) is 15.9. The third-order valence-electron chi connectivity index (χ3n) is 11.8. The van der Waals surface area contributed by atoms with Gasteiger partial charge < -0.3 is 9.53 Å². The van der Waals surface area contributed by atoms with Gasteiger partial charge in [-0.1, -0.05) is 53.2 Å². The van der Waals surface area contributed by atoms with E-state index < -0.39 is 36.3 Å². The van der Waals surface area contributed by atoms with Crippen LogP contribution >= 0.6 is 0 Å². The first-order valence-electron chi connectivity index (χ1n) is 13.3. The number of aliphatic hydroxyl groups excluding tert-OH is 1. The average Bonchev–Trinajstić information content (AvgIpc) is 2.94. The zero-order valence-corrected chi connectivity index (χ0v) is 24.1. The van der Waals surface area contributed by atoms with E-state index in [1.165, 1.54) is 6.08 Å². The Hall–Kier alpha value is -1.11. The minimum atomic E-state index is -2.10. The maximum atomic E-state index is 17.3. The van der Waals surface area contributed by atoms with Gasteiger partial charge in [0, 0.05) is 16.7 Å². The Kier molecular flexibility index (Phi) is 6.11. The Labute approximate surface area is 211 Å². The third kappa shape index (κ3) is 3.41. The van der Waals surface area contributed by atoms with E-state index in [9.17, 15) is 14.7 Å². The van der Waals surface area contributed by atoms with Crippen molar-refractivity contribution in [3.63, 3.8) is 0 Å². The molecule has 0 aromatic heterocycles. The molecule has 0 aromatic rings. The SMILES string of the molecule is C[C@@H]1C[C@H]2[C@@H]3CCC4=CC(=O)C=C[C@]4(C)[C@@]3(F)[C@@H](O)C[C@]2(C)[C@@]1(C)C(=O)CO[Si](C)(C)C(C)(C)C. The molecule has 0 amide bonds. The molecule has 196 valence electrons. The highest BCUT2D eigenvalue weighted by atomic mass is 28.4. The monoisotopic (exact) mass is 504 g/mol. The molecule has 1 N–H and O–H groups in total. The van der Waals surface area contributed by atoms with Gasteiger partial charge in [0.25, 0.3) is 0 Å². The predicted octanol–water partition coefficient (Wildman–Crippen LogP) is 6.20. The number of allylic oxidation sites excluding steroid dienone is 4. The molecular weight excluding hydrogens is 459 g/mol. The van der Waals surface area contributed by atoms with Gasteiger partial charge in [0.2, 0.25) is 0 Å². The number of halogens is 1. The largest absolute Gasteiger partial charge is 0.410 e. The number of hydrogen-bond acceptors (Lipinski definition) is 4. The number of hydrogen-bond donors (Lipinski definition) is 1. The summed E-state index contributed by atoms with van der Waals surface area (Å²) in [6, 6.07) is 0. The number of carbonyl (C=O) groups is 2. The van der Waals surface area contributed by atoms with Crippen molar-refractivity contribution < 1.29 is 23.5 Å². The van der Waals surface area contributed by atoms with Crippen LogP contribution in [-0.2, 0) is 14.0 Å². The van der Waals surface area contributed by atoms with Crippen LogP contribution in [0.25, 0.3) is 0 Å². The van der Waals surface area contributed by atoms with Crippen molar-refractivity contribution in [2.24, 2.45) is 34.0 Å². The van der Waals surface area contributed by atoms with E-state index in [-0.39, 0.29) is 47.4 Å². The fourth-order valence-electron chi connectivity index (χ4n) is 7.98. The van der Waals surface area contributed by atoms with Gasteiger partial charge in [-0.05, 0) is 80.1 Å². The van der Waals surface area contributed by atoms with Crippen molar-refractivity contribution in [1.29, 1.82) is 0 Å². The Morgan fingerprint density at radius 2 is 1.86 bits per heavy atom. The lowest BCUT2D eigenvalue weighted by atomic mass is 9.43. The molecule has 4 rings (SSSR count). The zero-order valence-electron chi connectivity index (χ0n) is 23.1. The van der Waals surface area contributed by atoms with Crippen LogP contribution in [0.5, 0.6) is 0 Å². The first kappa shape index (κ1) is 26.9. The lowest BCUT2D eigenvalue weighted by molar-refractivity contribution is -0.205. The Morgan fingerprint density at radius 3 is 2.46 bits per heavy atom. The van der Waals surface area contributed by atoms with E-state index in [0.717, 1.165) is 12.0 Å². The first-order valence-corrected chi connectivity index (χ1v) is 16.3. The van der Waals surface area contributed by atoms with E-state index in [1.54, 1.807) is 12.2 Å². The molecule has 0 unspecified atom stereocenters. The van der Waals surface area contributed by atoms with E-state index in [0.29, 0.717) is 12.8 Å². The van der Waals surface area contributed by atoms with E-state index >= 15 is 4.39 Å².